The van der Waals surface area contributed by atoms with E-state index in [1.807, 2.05) is 6.08 Å². The first-order valence-corrected chi connectivity index (χ1v) is 13.4. The van der Waals surface area contributed by atoms with Gasteiger partial charge in [0.1, 0.15) is 6.79 Å². The molecular weight excluding hydrogens is 372 g/mol. The van der Waals surface area contributed by atoms with Crippen molar-refractivity contribution in [1.29, 1.82) is 0 Å². The highest BCUT2D eigenvalue weighted by Gasteiger charge is 2.37. The van der Waals surface area contributed by atoms with E-state index in [0.29, 0.717) is 13.0 Å². The largest absolute Gasteiger partial charge is 0.417 e. The van der Waals surface area contributed by atoms with Crippen LogP contribution >= 0.6 is 0 Å². The second kappa shape index (κ2) is 13.1. The molecule has 0 spiro atoms. The third-order valence-electron chi connectivity index (χ3n) is 6.22. The first-order valence-electron chi connectivity index (χ1n) is 10.5. The van der Waals surface area contributed by atoms with E-state index in [4.69, 9.17) is 18.6 Å². The Labute approximate surface area is 174 Å². The van der Waals surface area contributed by atoms with E-state index in [0.717, 1.165) is 12.8 Å². The molecule has 0 radical (unpaired) electrons. The van der Waals surface area contributed by atoms with Crippen LogP contribution in [0.4, 0.5) is 0 Å². The summed E-state index contributed by atoms with van der Waals surface area (Å²) in [5.74, 6) is 0.247. The first-order chi connectivity index (χ1) is 12.9. The van der Waals surface area contributed by atoms with Crippen LogP contribution in [0.15, 0.2) is 12.7 Å². The van der Waals surface area contributed by atoms with Crippen molar-refractivity contribution >= 4 is 8.32 Å². The molecule has 168 valence electrons. The van der Waals surface area contributed by atoms with Gasteiger partial charge in [-0.25, -0.2) is 0 Å². The van der Waals surface area contributed by atoms with Gasteiger partial charge >= 0.3 is 0 Å². The van der Waals surface area contributed by atoms with Gasteiger partial charge in [0.05, 0.1) is 18.3 Å². The predicted molar refractivity (Wildman–Crippen MR) is 119 cm³/mol. The van der Waals surface area contributed by atoms with Crippen LogP contribution in [-0.4, -0.2) is 59.4 Å². The fourth-order valence-corrected chi connectivity index (χ4v) is 4.10. The van der Waals surface area contributed by atoms with Gasteiger partial charge in [-0.05, 0) is 43.3 Å². The standard InChI is InChI=1S/C22H46O5Si/c1-11-19(25-8)13-12-17(2)21(26-16-24-7)18(3)20(23)14-15-27-28(9,10)22(4,5)6/h11,17-21,23H,1,12-16H2,2-10H3/t17-,18-,19-,20-,21-/m1/s1. The quantitative estimate of drug-likeness (QED) is 0.230. The molecule has 0 saturated carbocycles. The van der Waals surface area contributed by atoms with E-state index in [1.54, 1.807) is 14.2 Å². The van der Waals surface area contributed by atoms with Crippen LogP contribution in [0.2, 0.25) is 18.1 Å². The van der Waals surface area contributed by atoms with Crippen molar-refractivity contribution in [3.63, 3.8) is 0 Å². The van der Waals surface area contributed by atoms with Gasteiger partial charge < -0.3 is 23.7 Å². The number of rotatable bonds is 15. The van der Waals surface area contributed by atoms with Gasteiger partial charge in [-0.3, -0.25) is 0 Å². The predicted octanol–water partition coefficient (Wildman–Crippen LogP) is 5.00. The van der Waals surface area contributed by atoms with E-state index in [1.165, 1.54) is 0 Å². The normalized spacial score (nSPS) is 18.4. The highest BCUT2D eigenvalue weighted by atomic mass is 28.4. The van der Waals surface area contributed by atoms with E-state index >= 15 is 0 Å². The maximum Gasteiger partial charge on any atom is 0.191 e. The molecule has 5 nitrogen and oxygen atoms in total. The molecule has 5 atom stereocenters. The minimum absolute atomic E-state index is 0.0158. The number of ether oxygens (including phenoxy) is 3. The topological polar surface area (TPSA) is 57.2 Å². The molecule has 6 heteroatoms. The van der Waals surface area contributed by atoms with Crippen molar-refractivity contribution in [2.24, 2.45) is 11.8 Å². The lowest BCUT2D eigenvalue weighted by molar-refractivity contribution is -0.127. The third-order valence-corrected chi connectivity index (χ3v) is 10.8. The summed E-state index contributed by atoms with van der Waals surface area (Å²) >= 11 is 0. The van der Waals surface area contributed by atoms with Crippen LogP contribution in [0, 0.1) is 11.8 Å². The molecule has 28 heavy (non-hydrogen) atoms. The molecule has 0 aliphatic carbocycles. The van der Waals surface area contributed by atoms with Crippen LogP contribution in [0.25, 0.3) is 0 Å². The molecule has 0 unspecified atom stereocenters. The lowest BCUT2D eigenvalue weighted by atomic mass is 9.85. The molecule has 0 aliphatic heterocycles. The molecule has 1 N–H and O–H groups in total. The molecule has 0 heterocycles. The first kappa shape index (κ1) is 27.8. The highest BCUT2D eigenvalue weighted by molar-refractivity contribution is 6.74. The Balaban J connectivity index is 4.80. The maximum absolute atomic E-state index is 10.8. The van der Waals surface area contributed by atoms with Crippen LogP contribution in [-0.2, 0) is 18.6 Å². The second-order valence-corrected chi connectivity index (χ2v) is 14.2. The second-order valence-electron chi connectivity index (χ2n) is 9.43. The molecule has 0 aromatic rings. The van der Waals surface area contributed by atoms with E-state index in [-0.39, 0.29) is 35.9 Å². The summed E-state index contributed by atoms with van der Waals surface area (Å²) in [4.78, 5) is 0. The van der Waals surface area contributed by atoms with Gasteiger partial charge in [0.2, 0.25) is 0 Å². The zero-order valence-corrected chi connectivity index (χ0v) is 20.8. The van der Waals surface area contributed by atoms with Crippen LogP contribution in [0.5, 0.6) is 0 Å². The molecule has 0 aromatic heterocycles. The molecule has 0 aromatic carbocycles. The lowest BCUT2D eigenvalue weighted by Crippen LogP contribution is -2.42. The third kappa shape index (κ3) is 9.50. The fourth-order valence-electron chi connectivity index (χ4n) is 3.04. The molecule has 0 rings (SSSR count). The Hall–Kier alpha value is -0.243. The number of methoxy groups -OCH3 is 2. The monoisotopic (exact) mass is 418 g/mol. The smallest absolute Gasteiger partial charge is 0.191 e. The fraction of sp³-hybridized carbons (Fsp3) is 0.909. The molecule has 0 aliphatic rings. The molecule has 0 fully saturated rings. The van der Waals surface area contributed by atoms with Gasteiger partial charge in [0.15, 0.2) is 8.32 Å². The minimum atomic E-state index is -1.80. The lowest BCUT2D eigenvalue weighted by Gasteiger charge is -2.37. The van der Waals surface area contributed by atoms with Crippen LogP contribution < -0.4 is 0 Å². The molecular formula is C22H46O5Si. The zero-order valence-electron chi connectivity index (χ0n) is 19.8. The van der Waals surface area contributed by atoms with Crippen molar-refractivity contribution < 1.29 is 23.7 Å². The van der Waals surface area contributed by atoms with Crippen LogP contribution in [0.1, 0.15) is 53.9 Å². The van der Waals surface area contributed by atoms with Gasteiger partial charge in [-0.1, -0.05) is 40.7 Å². The molecule has 0 bridgehead atoms. The summed E-state index contributed by atoms with van der Waals surface area (Å²) < 4.78 is 22.7. The van der Waals surface area contributed by atoms with Gasteiger partial charge in [0, 0.05) is 26.7 Å². The van der Waals surface area contributed by atoms with Gasteiger partial charge in [-0.2, -0.15) is 0 Å². The molecule has 0 saturated heterocycles. The van der Waals surface area contributed by atoms with Gasteiger partial charge in [-0.15, -0.1) is 6.58 Å². The number of hydrogen-bond acceptors (Lipinski definition) is 5. The molecule has 0 amide bonds. The van der Waals surface area contributed by atoms with Crippen molar-refractivity contribution in [2.75, 3.05) is 27.6 Å². The maximum atomic E-state index is 10.8. The van der Waals surface area contributed by atoms with Crippen molar-refractivity contribution in [1.82, 2.24) is 0 Å². The Morgan fingerprint density at radius 1 is 1.07 bits per heavy atom. The summed E-state index contributed by atoms with van der Waals surface area (Å²) in [6, 6.07) is 0. The highest BCUT2D eigenvalue weighted by Crippen LogP contribution is 2.36. The average Bonchev–Trinajstić information content (AvgIpc) is 2.61. The van der Waals surface area contributed by atoms with Gasteiger partial charge in [0.25, 0.3) is 0 Å². The zero-order chi connectivity index (χ0) is 22.0. The Kier molecular flexibility index (Phi) is 13.0. The van der Waals surface area contributed by atoms with E-state index in [9.17, 15) is 5.11 Å². The summed E-state index contributed by atoms with van der Waals surface area (Å²) in [5, 5.41) is 11.0. The SMILES string of the molecule is C=C[C@H](CC[C@@H](C)[C@@H](OCOC)[C@H](C)[C@H](O)CCO[Si](C)(C)C(C)(C)C)OC. The number of aliphatic hydroxyl groups is 1. The van der Waals surface area contributed by atoms with E-state index < -0.39 is 14.4 Å². The summed E-state index contributed by atoms with van der Waals surface area (Å²) in [6.45, 7) is 20.0. The minimum Gasteiger partial charge on any atom is -0.417 e. The van der Waals surface area contributed by atoms with E-state index in [2.05, 4.69) is 54.3 Å². The Bertz CT molecular complexity index is 422. The summed E-state index contributed by atoms with van der Waals surface area (Å²) in [5.41, 5.74) is 0. The van der Waals surface area contributed by atoms with Crippen molar-refractivity contribution in [2.45, 2.75) is 90.3 Å². The Morgan fingerprint density at radius 2 is 1.68 bits per heavy atom. The summed E-state index contributed by atoms with van der Waals surface area (Å²) in [6.07, 6.45) is 3.72. The van der Waals surface area contributed by atoms with Crippen molar-refractivity contribution in [3.8, 4) is 0 Å². The number of aliphatic hydroxyl groups excluding tert-OH is 1. The van der Waals surface area contributed by atoms with Crippen LogP contribution in [0.3, 0.4) is 0 Å². The van der Waals surface area contributed by atoms with Crippen molar-refractivity contribution in [3.05, 3.63) is 12.7 Å². The Morgan fingerprint density at radius 3 is 2.14 bits per heavy atom. The number of hydrogen-bond donors (Lipinski definition) is 1. The summed E-state index contributed by atoms with van der Waals surface area (Å²) in [7, 11) is 1.52. The average molecular weight is 419 g/mol.